The quantitative estimate of drug-likeness (QED) is 0.419. The van der Waals surface area contributed by atoms with E-state index in [2.05, 4.69) is 67.1 Å². The van der Waals surface area contributed by atoms with Crippen molar-refractivity contribution < 1.29 is 9.53 Å². The summed E-state index contributed by atoms with van der Waals surface area (Å²) in [6.45, 7) is 8.36. The third kappa shape index (κ3) is 5.19. The molecule has 1 heterocycles. The van der Waals surface area contributed by atoms with E-state index in [9.17, 15) is 4.79 Å². The third-order valence-electron chi connectivity index (χ3n) is 5.49. The first-order valence-corrected chi connectivity index (χ1v) is 10.8. The molecule has 0 aliphatic carbocycles. The molecule has 0 aliphatic rings. The molecule has 168 valence electrons. The zero-order valence-corrected chi connectivity index (χ0v) is 19.8. The normalized spacial score (nSPS) is 11.1. The minimum atomic E-state index is -0.308. The van der Waals surface area contributed by atoms with Crippen LogP contribution >= 0.6 is 0 Å². The van der Waals surface area contributed by atoms with Gasteiger partial charge in [-0.25, -0.2) is 5.43 Å². The lowest BCUT2D eigenvalue weighted by molar-refractivity contribution is -0.123. The number of aromatic nitrogens is 1. The van der Waals surface area contributed by atoms with Crippen LogP contribution < -0.4 is 15.1 Å². The van der Waals surface area contributed by atoms with E-state index < -0.39 is 0 Å². The van der Waals surface area contributed by atoms with Crippen LogP contribution in [0.2, 0.25) is 0 Å². The van der Waals surface area contributed by atoms with E-state index in [0.29, 0.717) is 5.75 Å². The van der Waals surface area contributed by atoms with Gasteiger partial charge in [0.15, 0.2) is 6.61 Å². The highest BCUT2D eigenvalue weighted by molar-refractivity contribution is 5.84. The SMILES string of the molecule is CCc1cccc(C)c1-n1c(C)cc(/C=N/NC(=O)COc2cccc(N(C)C)c2)c1C. The summed E-state index contributed by atoms with van der Waals surface area (Å²) in [4.78, 5) is 14.1. The summed E-state index contributed by atoms with van der Waals surface area (Å²) < 4.78 is 7.85. The van der Waals surface area contributed by atoms with Crippen LogP contribution in [-0.2, 0) is 11.2 Å². The van der Waals surface area contributed by atoms with Crippen molar-refractivity contribution in [3.63, 3.8) is 0 Å². The molecule has 32 heavy (non-hydrogen) atoms. The van der Waals surface area contributed by atoms with Gasteiger partial charge in [-0.05, 0) is 56.5 Å². The van der Waals surface area contributed by atoms with Crippen LogP contribution in [0.25, 0.3) is 5.69 Å². The summed E-state index contributed by atoms with van der Waals surface area (Å²) in [6.07, 6.45) is 2.65. The summed E-state index contributed by atoms with van der Waals surface area (Å²) in [5, 5.41) is 4.15. The maximum Gasteiger partial charge on any atom is 0.277 e. The minimum Gasteiger partial charge on any atom is -0.484 e. The lowest BCUT2D eigenvalue weighted by atomic mass is 10.1. The Morgan fingerprint density at radius 3 is 2.59 bits per heavy atom. The van der Waals surface area contributed by atoms with Crippen LogP contribution in [0.5, 0.6) is 5.75 Å². The van der Waals surface area contributed by atoms with Crippen molar-refractivity contribution in [2.75, 3.05) is 25.6 Å². The highest BCUT2D eigenvalue weighted by Crippen LogP contribution is 2.26. The van der Waals surface area contributed by atoms with Crippen LogP contribution in [0.15, 0.2) is 53.6 Å². The predicted octanol–water partition coefficient (Wildman–Crippen LogP) is 4.56. The lowest BCUT2D eigenvalue weighted by Crippen LogP contribution is -2.24. The van der Waals surface area contributed by atoms with Gasteiger partial charge in [0.25, 0.3) is 5.91 Å². The van der Waals surface area contributed by atoms with Crippen LogP contribution in [0.3, 0.4) is 0 Å². The number of carbonyl (C=O) groups is 1. The average molecular weight is 433 g/mol. The van der Waals surface area contributed by atoms with E-state index in [0.717, 1.165) is 29.1 Å². The molecule has 1 aromatic heterocycles. The molecule has 6 heteroatoms. The zero-order chi connectivity index (χ0) is 23.3. The highest BCUT2D eigenvalue weighted by Gasteiger charge is 2.14. The average Bonchev–Trinajstić information content (AvgIpc) is 3.05. The van der Waals surface area contributed by atoms with Crippen molar-refractivity contribution in [1.82, 2.24) is 9.99 Å². The van der Waals surface area contributed by atoms with Gasteiger partial charge in [0, 0.05) is 42.8 Å². The summed E-state index contributed by atoms with van der Waals surface area (Å²) in [7, 11) is 3.92. The number of hydrogen-bond acceptors (Lipinski definition) is 4. The van der Waals surface area contributed by atoms with Crippen LogP contribution in [0.4, 0.5) is 5.69 Å². The van der Waals surface area contributed by atoms with Crippen molar-refractivity contribution in [2.45, 2.75) is 34.1 Å². The van der Waals surface area contributed by atoms with E-state index in [1.807, 2.05) is 43.3 Å². The zero-order valence-electron chi connectivity index (χ0n) is 19.8. The Morgan fingerprint density at radius 2 is 1.88 bits per heavy atom. The maximum absolute atomic E-state index is 12.2. The van der Waals surface area contributed by atoms with E-state index in [4.69, 9.17) is 4.74 Å². The van der Waals surface area contributed by atoms with E-state index in [1.54, 1.807) is 6.21 Å². The molecule has 0 bridgehead atoms. The Labute approximate surface area is 190 Å². The molecular formula is C26H32N4O2. The number of rotatable bonds is 8. The molecule has 0 unspecified atom stereocenters. The van der Waals surface area contributed by atoms with Gasteiger partial charge in [-0.15, -0.1) is 0 Å². The number of nitrogens with zero attached hydrogens (tertiary/aromatic N) is 3. The maximum atomic E-state index is 12.2. The molecule has 1 amide bonds. The van der Waals surface area contributed by atoms with Crippen molar-refractivity contribution in [2.24, 2.45) is 5.10 Å². The van der Waals surface area contributed by atoms with Crippen LogP contribution in [0, 0.1) is 20.8 Å². The molecule has 0 saturated carbocycles. The molecule has 0 saturated heterocycles. The molecule has 2 aromatic carbocycles. The molecule has 0 fully saturated rings. The number of ether oxygens (including phenoxy) is 1. The topological polar surface area (TPSA) is 58.9 Å². The van der Waals surface area contributed by atoms with Gasteiger partial charge < -0.3 is 14.2 Å². The standard InChI is InChI=1S/C26H32N4O2/c1-7-21-11-8-10-18(2)26(21)30-19(3)14-22(20(30)4)16-27-28-25(31)17-32-24-13-9-12-23(15-24)29(5)6/h8-16H,7,17H2,1-6H3,(H,28,31)/b27-16+. The Hall–Kier alpha value is -3.54. The van der Waals surface area contributed by atoms with Crippen molar-refractivity contribution in [3.8, 4) is 11.4 Å². The van der Waals surface area contributed by atoms with Crippen LogP contribution in [-0.4, -0.2) is 37.4 Å². The molecule has 0 atom stereocenters. The molecule has 3 aromatic rings. The van der Waals surface area contributed by atoms with Crippen molar-refractivity contribution >= 4 is 17.8 Å². The first kappa shape index (κ1) is 23.1. The second kappa shape index (κ2) is 10.2. The van der Waals surface area contributed by atoms with Gasteiger partial charge in [-0.3, -0.25) is 4.79 Å². The van der Waals surface area contributed by atoms with Gasteiger partial charge in [0.05, 0.1) is 11.9 Å². The van der Waals surface area contributed by atoms with Gasteiger partial charge in [0.2, 0.25) is 0 Å². The van der Waals surface area contributed by atoms with E-state index >= 15 is 0 Å². The Kier molecular flexibility index (Phi) is 7.36. The fourth-order valence-electron chi connectivity index (χ4n) is 3.79. The number of nitrogens with one attached hydrogen (secondary N) is 1. The van der Waals surface area contributed by atoms with Crippen molar-refractivity contribution in [1.29, 1.82) is 0 Å². The lowest BCUT2D eigenvalue weighted by Gasteiger charge is -2.17. The number of hydrazone groups is 1. The molecule has 0 aliphatic heterocycles. The highest BCUT2D eigenvalue weighted by atomic mass is 16.5. The second-order valence-electron chi connectivity index (χ2n) is 8.07. The molecule has 6 nitrogen and oxygen atoms in total. The number of amides is 1. The smallest absolute Gasteiger partial charge is 0.277 e. The monoisotopic (exact) mass is 432 g/mol. The van der Waals surface area contributed by atoms with Gasteiger partial charge >= 0.3 is 0 Å². The van der Waals surface area contributed by atoms with E-state index in [-0.39, 0.29) is 12.5 Å². The largest absolute Gasteiger partial charge is 0.484 e. The number of carbonyl (C=O) groups excluding carboxylic acids is 1. The minimum absolute atomic E-state index is 0.101. The van der Waals surface area contributed by atoms with Crippen molar-refractivity contribution in [3.05, 3.63) is 76.6 Å². The fourth-order valence-corrected chi connectivity index (χ4v) is 3.79. The Morgan fingerprint density at radius 1 is 1.12 bits per heavy atom. The second-order valence-corrected chi connectivity index (χ2v) is 8.07. The number of aryl methyl sites for hydroxylation is 3. The summed E-state index contributed by atoms with van der Waals surface area (Å²) >= 11 is 0. The Bertz CT molecular complexity index is 1130. The van der Waals surface area contributed by atoms with E-state index in [1.165, 1.54) is 16.8 Å². The van der Waals surface area contributed by atoms with Gasteiger partial charge in [-0.1, -0.05) is 31.2 Å². The molecule has 3 rings (SSSR count). The fraction of sp³-hybridized carbons (Fsp3) is 0.308. The first-order valence-electron chi connectivity index (χ1n) is 10.8. The number of hydrogen-bond donors (Lipinski definition) is 1. The molecular weight excluding hydrogens is 400 g/mol. The van der Waals surface area contributed by atoms with Gasteiger partial charge in [0.1, 0.15) is 5.75 Å². The number of anilines is 1. The number of para-hydroxylation sites is 1. The summed E-state index contributed by atoms with van der Waals surface area (Å²) in [6, 6.07) is 16.1. The summed E-state index contributed by atoms with van der Waals surface area (Å²) in [5.41, 5.74) is 10.5. The summed E-state index contributed by atoms with van der Waals surface area (Å²) in [5.74, 6) is 0.335. The van der Waals surface area contributed by atoms with Gasteiger partial charge in [-0.2, -0.15) is 5.10 Å². The molecule has 0 radical (unpaired) electrons. The molecule has 0 spiro atoms. The van der Waals surface area contributed by atoms with Crippen LogP contribution in [0.1, 0.15) is 35.0 Å². The third-order valence-corrected chi connectivity index (χ3v) is 5.49. The predicted molar refractivity (Wildman–Crippen MR) is 131 cm³/mol. The number of benzene rings is 2. The molecule has 1 N–H and O–H groups in total. The Balaban J connectivity index is 1.67. The first-order chi connectivity index (χ1) is 15.3.